The van der Waals surface area contributed by atoms with E-state index in [0.717, 1.165) is 6.07 Å². The molecule has 0 saturated carbocycles. The van der Waals surface area contributed by atoms with E-state index in [-0.39, 0.29) is 5.75 Å². The van der Waals surface area contributed by atoms with E-state index in [9.17, 15) is 12.8 Å². The van der Waals surface area contributed by atoms with Crippen molar-refractivity contribution in [2.75, 3.05) is 0 Å². The number of nitrogens with two attached hydrogens (primary N) is 1. The van der Waals surface area contributed by atoms with Crippen molar-refractivity contribution in [3.05, 3.63) is 29.6 Å². The smallest absolute Gasteiger partial charge is 0.368 e. The molecule has 1 aromatic carbocycles. The summed E-state index contributed by atoms with van der Waals surface area (Å²) >= 11 is 0. The van der Waals surface area contributed by atoms with Crippen LogP contribution in [0.4, 0.5) is 4.39 Å². The molecule has 0 radical (unpaired) electrons. The van der Waals surface area contributed by atoms with Crippen LogP contribution in [0.2, 0.25) is 0 Å². The van der Waals surface area contributed by atoms with E-state index in [1.807, 2.05) is 0 Å². The molecule has 0 fully saturated rings. The van der Waals surface area contributed by atoms with Crippen molar-refractivity contribution in [2.45, 2.75) is 6.92 Å². The average Bonchev–Trinajstić information content (AvgIpc) is 1.94. The number of benzene rings is 1. The molecule has 0 heterocycles. The fraction of sp³-hybridized carbons (Fsp3) is 0.143. The van der Waals surface area contributed by atoms with E-state index in [1.54, 1.807) is 6.92 Å². The van der Waals surface area contributed by atoms with Crippen molar-refractivity contribution < 1.29 is 17.0 Å². The fourth-order valence-electron chi connectivity index (χ4n) is 0.800. The molecule has 2 N–H and O–H groups in total. The third kappa shape index (κ3) is 3.00. The molecule has 0 bridgehead atoms. The molecular formula is C7H8FNO3S. The zero-order valence-electron chi connectivity index (χ0n) is 6.82. The molecule has 0 saturated heterocycles. The Balaban J connectivity index is 3.08. The molecule has 0 aliphatic heterocycles. The molecule has 1 aromatic rings. The van der Waals surface area contributed by atoms with Gasteiger partial charge in [-0.2, -0.15) is 13.6 Å². The van der Waals surface area contributed by atoms with E-state index >= 15 is 0 Å². The van der Waals surface area contributed by atoms with Crippen LogP contribution < -0.4 is 9.32 Å². The molecule has 4 nitrogen and oxygen atoms in total. The molecule has 0 aliphatic rings. The summed E-state index contributed by atoms with van der Waals surface area (Å²) in [5, 5.41) is 4.57. The van der Waals surface area contributed by atoms with Crippen molar-refractivity contribution in [3.8, 4) is 5.75 Å². The minimum Gasteiger partial charge on any atom is -0.368 e. The molecule has 0 unspecified atom stereocenters. The van der Waals surface area contributed by atoms with Gasteiger partial charge < -0.3 is 4.18 Å². The Bertz CT molecular complexity index is 416. The molecule has 0 atom stereocenters. The maximum absolute atomic E-state index is 12.9. The molecule has 0 aliphatic carbocycles. The highest BCUT2D eigenvalue weighted by atomic mass is 32.2. The Hall–Kier alpha value is -1.14. The number of hydrogen-bond donors (Lipinski definition) is 1. The van der Waals surface area contributed by atoms with Gasteiger partial charge in [0.25, 0.3) is 0 Å². The minimum absolute atomic E-state index is 0.387. The lowest BCUT2D eigenvalue weighted by atomic mass is 10.2. The summed E-state index contributed by atoms with van der Waals surface area (Å²) in [4.78, 5) is 0. The highest BCUT2D eigenvalue weighted by molar-refractivity contribution is 7.84. The van der Waals surface area contributed by atoms with Gasteiger partial charge in [-0.1, -0.05) is 6.07 Å². The predicted octanol–water partition coefficient (Wildman–Crippen LogP) is 0.716. The molecule has 6 heteroatoms. The first kappa shape index (κ1) is 9.94. The van der Waals surface area contributed by atoms with Gasteiger partial charge in [0, 0.05) is 0 Å². The lowest BCUT2D eigenvalue weighted by molar-refractivity contribution is 0.462. The van der Waals surface area contributed by atoms with Crippen LogP contribution in [0.25, 0.3) is 0 Å². The van der Waals surface area contributed by atoms with Gasteiger partial charge in [-0.3, -0.25) is 0 Å². The monoisotopic (exact) mass is 205 g/mol. The molecular weight excluding hydrogens is 197 g/mol. The first-order chi connectivity index (χ1) is 5.88. The van der Waals surface area contributed by atoms with Crippen LogP contribution >= 0.6 is 0 Å². The second kappa shape index (κ2) is 3.31. The summed E-state index contributed by atoms with van der Waals surface area (Å²) in [6.07, 6.45) is 0. The van der Waals surface area contributed by atoms with Crippen LogP contribution in [-0.4, -0.2) is 8.42 Å². The van der Waals surface area contributed by atoms with Crippen LogP contribution in [0.1, 0.15) is 5.56 Å². The van der Waals surface area contributed by atoms with Gasteiger partial charge >= 0.3 is 10.3 Å². The highest BCUT2D eigenvalue weighted by Gasteiger charge is 2.09. The van der Waals surface area contributed by atoms with Gasteiger partial charge in [-0.25, -0.2) is 4.39 Å². The van der Waals surface area contributed by atoms with Crippen LogP contribution in [0, 0.1) is 12.7 Å². The van der Waals surface area contributed by atoms with Crippen LogP contribution in [-0.2, 0) is 10.3 Å². The zero-order chi connectivity index (χ0) is 10.1. The third-order valence-corrected chi connectivity index (χ3v) is 1.70. The molecule has 0 aromatic heterocycles. The van der Waals surface area contributed by atoms with Crippen LogP contribution in [0.15, 0.2) is 18.2 Å². The topological polar surface area (TPSA) is 69.4 Å². The summed E-state index contributed by atoms with van der Waals surface area (Å²) in [5.41, 5.74) is 0.681. The summed E-state index contributed by atoms with van der Waals surface area (Å²) < 4.78 is 37.9. The van der Waals surface area contributed by atoms with E-state index in [4.69, 9.17) is 0 Å². The van der Waals surface area contributed by atoms with E-state index in [2.05, 4.69) is 9.32 Å². The van der Waals surface area contributed by atoms with Crippen molar-refractivity contribution in [1.29, 1.82) is 0 Å². The number of aryl methyl sites for hydroxylation is 1. The minimum atomic E-state index is -4.16. The molecule has 0 spiro atoms. The van der Waals surface area contributed by atoms with Crippen molar-refractivity contribution in [1.82, 2.24) is 0 Å². The van der Waals surface area contributed by atoms with Gasteiger partial charge in [0.05, 0.1) is 0 Å². The molecule has 1 rings (SSSR count). The summed E-state index contributed by atoms with van der Waals surface area (Å²) in [7, 11) is -4.16. The number of rotatable bonds is 2. The first-order valence-corrected chi connectivity index (χ1v) is 4.84. The second-order valence-electron chi connectivity index (χ2n) is 2.51. The Morgan fingerprint density at radius 1 is 1.46 bits per heavy atom. The summed E-state index contributed by atoms with van der Waals surface area (Å²) in [6.45, 7) is 1.68. The van der Waals surface area contributed by atoms with Crippen LogP contribution in [0.3, 0.4) is 0 Å². The van der Waals surface area contributed by atoms with Gasteiger partial charge in [0.2, 0.25) is 0 Å². The first-order valence-electron chi connectivity index (χ1n) is 3.37. The van der Waals surface area contributed by atoms with Gasteiger partial charge in [0.15, 0.2) is 11.6 Å². The van der Waals surface area contributed by atoms with Crippen molar-refractivity contribution in [3.63, 3.8) is 0 Å². The quantitative estimate of drug-likeness (QED) is 0.773. The Kier molecular flexibility index (Phi) is 2.53. The highest BCUT2D eigenvalue weighted by Crippen LogP contribution is 2.18. The second-order valence-corrected chi connectivity index (χ2v) is 3.66. The molecule has 0 amide bonds. The Labute approximate surface area is 75.4 Å². The number of hydrogen-bond acceptors (Lipinski definition) is 3. The predicted molar refractivity (Wildman–Crippen MR) is 44.9 cm³/mol. The normalized spacial score (nSPS) is 11.3. The Morgan fingerprint density at radius 2 is 2.08 bits per heavy atom. The largest absolute Gasteiger partial charge is 0.380 e. The standard InChI is InChI=1S/C7H8FNO3S/c1-5-2-3-6(8)7(4-5)12-13(9,10)11/h2-4H,1H3,(H2,9,10,11). The maximum Gasteiger partial charge on any atom is 0.380 e. The number of halogens is 1. The Morgan fingerprint density at radius 3 is 2.62 bits per heavy atom. The SMILES string of the molecule is Cc1ccc(F)c(OS(N)(=O)=O)c1. The fourth-order valence-corrected chi connectivity index (χ4v) is 1.18. The van der Waals surface area contributed by atoms with Crippen molar-refractivity contribution >= 4 is 10.3 Å². The lowest BCUT2D eigenvalue weighted by Gasteiger charge is -2.03. The van der Waals surface area contributed by atoms with Crippen molar-refractivity contribution in [2.24, 2.45) is 5.14 Å². The van der Waals surface area contributed by atoms with Gasteiger partial charge in [0.1, 0.15) is 0 Å². The van der Waals surface area contributed by atoms with Gasteiger partial charge in [-0.15, -0.1) is 0 Å². The average molecular weight is 205 g/mol. The van der Waals surface area contributed by atoms with Gasteiger partial charge in [-0.05, 0) is 24.6 Å². The van der Waals surface area contributed by atoms with E-state index in [1.165, 1.54) is 12.1 Å². The van der Waals surface area contributed by atoms with E-state index in [0.29, 0.717) is 5.56 Å². The maximum atomic E-state index is 12.9. The zero-order valence-corrected chi connectivity index (χ0v) is 7.64. The molecule has 72 valence electrons. The summed E-state index contributed by atoms with van der Waals surface area (Å²) in [5.74, 6) is -1.15. The summed E-state index contributed by atoms with van der Waals surface area (Å²) in [6, 6.07) is 3.85. The van der Waals surface area contributed by atoms with Crippen LogP contribution in [0.5, 0.6) is 5.75 Å². The third-order valence-electron chi connectivity index (χ3n) is 1.29. The van der Waals surface area contributed by atoms with E-state index < -0.39 is 16.1 Å². The molecule has 13 heavy (non-hydrogen) atoms. The lowest BCUT2D eigenvalue weighted by Crippen LogP contribution is -2.19.